The summed E-state index contributed by atoms with van der Waals surface area (Å²) in [4.78, 5) is 4.27. The monoisotopic (exact) mass is 489 g/mol. The van der Waals surface area contributed by atoms with Gasteiger partial charge in [0.05, 0.1) is 5.75 Å². The van der Waals surface area contributed by atoms with Crippen molar-refractivity contribution < 1.29 is 13.2 Å². The summed E-state index contributed by atoms with van der Waals surface area (Å²) in [5, 5.41) is 6.73. The van der Waals surface area contributed by atoms with E-state index in [4.69, 9.17) is 4.74 Å². The number of hydrogen-bond donors (Lipinski definition) is 2. The highest BCUT2D eigenvalue weighted by Gasteiger charge is 2.33. The molecule has 2 N–H and O–H groups in total. The summed E-state index contributed by atoms with van der Waals surface area (Å²) in [6.45, 7) is 6.49. The minimum Gasteiger partial charge on any atom is -0.382 e. The van der Waals surface area contributed by atoms with Crippen LogP contribution < -0.4 is 10.6 Å². The minimum atomic E-state index is -2.92. The molecule has 8 heteroatoms. The van der Waals surface area contributed by atoms with Gasteiger partial charge < -0.3 is 15.4 Å². The van der Waals surface area contributed by atoms with Gasteiger partial charge in [0, 0.05) is 39.1 Å². The van der Waals surface area contributed by atoms with E-state index in [9.17, 15) is 8.42 Å². The smallest absolute Gasteiger partial charge is 0.191 e. The Bertz CT molecular complexity index is 491. The van der Waals surface area contributed by atoms with Crippen molar-refractivity contribution in [3.05, 3.63) is 0 Å². The van der Waals surface area contributed by atoms with E-state index < -0.39 is 9.84 Å². The molecule has 0 aromatic carbocycles. The highest BCUT2D eigenvalue weighted by Crippen LogP contribution is 2.40. The van der Waals surface area contributed by atoms with Crippen LogP contribution in [0.1, 0.15) is 52.4 Å². The number of nitrogens with one attached hydrogen (secondary N) is 2. The molecule has 150 valence electrons. The lowest BCUT2D eigenvalue weighted by atomic mass is 9.83. The summed E-state index contributed by atoms with van der Waals surface area (Å²) in [5.74, 6) is 0.940. The number of hydrogen-bond acceptors (Lipinski definition) is 4. The minimum absolute atomic E-state index is 0. The maximum Gasteiger partial charge on any atom is 0.191 e. The molecule has 25 heavy (non-hydrogen) atoms. The molecule has 0 amide bonds. The Hall–Kier alpha value is -0.0900. The molecule has 6 nitrogen and oxygen atoms in total. The number of aliphatic imine (C=N–C) groups is 1. The number of guanidine groups is 1. The quantitative estimate of drug-likeness (QED) is 0.214. The number of nitrogens with zero attached hydrogens (tertiary/aromatic N) is 1. The van der Waals surface area contributed by atoms with Crippen LogP contribution in [0.15, 0.2) is 4.99 Å². The summed E-state index contributed by atoms with van der Waals surface area (Å²) in [5.41, 5.74) is 0.294. The third-order valence-corrected chi connectivity index (χ3v) is 5.78. The van der Waals surface area contributed by atoms with E-state index in [1.54, 1.807) is 7.05 Å². The van der Waals surface area contributed by atoms with Gasteiger partial charge in [-0.2, -0.15) is 0 Å². The predicted molar refractivity (Wildman–Crippen MR) is 116 cm³/mol. The molecule has 0 aromatic heterocycles. The van der Waals surface area contributed by atoms with Gasteiger partial charge in [0.25, 0.3) is 0 Å². The van der Waals surface area contributed by atoms with Crippen LogP contribution in [0, 0.1) is 5.41 Å². The molecule has 0 radical (unpaired) electrons. The van der Waals surface area contributed by atoms with Crippen molar-refractivity contribution in [3.63, 3.8) is 0 Å². The van der Waals surface area contributed by atoms with Gasteiger partial charge in [-0.1, -0.05) is 12.8 Å². The molecule has 0 spiro atoms. The van der Waals surface area contributed by atoms with Gasteiger partial charge in [-0.3, -0.25) is 4.99 Å². The van der Waals surface area contributed by atoms with Crippen molar-refractivity contribution >= 4 is 39.8 Å². The van der Waals surface area contributed by atoms with E-state index >= 15 is 0 Å². The fraction of sp³-hybridized carbons (Fsp3) is 0.941. The molecular weight excluding hydrogens is 453 g/mol. The Morgan fingerprint density at radius 1 is 1.32 bits per heavy atom. The number of ether oxygens (including phenoxy) is 1. The maximum atomic E-state index is 11.3. The summed E-state index contributed by atoms with van der Waals surface area (Å²) in [7, 11) is -1.17. The Morgan fingerprint density at radius 2 is 1.96 bits per heavy atom. The normalized spacial score (nSPS) is 18.5. The molecule has 1 aliphatic rings. The van der Waals surface area contributed by atoms with Crippen LogP contribution in [0.25, 0.3) is 0 Å². The maximum absolute atomic E-state index is 11.3. The first-order chi connectivity index (χ1) is 11.3. The third-order valence-electron chi connectivity index (χ3n) is 4.80. The summed E-state index contributed by atoms with van der Waals surface area (Å²) in [6, 6.07) is 0.0638. The lowest BCUT2D eigenvalue weighted by molar-refractivity contribution is 0.105. The molecule has 1 unspecified atom stereocenters. The molecule has 0 heterocycles. The second kappa shape index (κ2) is 12.3. The second-order valence-electron chi connectivity index (χ2n) is 7.04. The van der Waals surface area contributed by atoms with E-state index in [1.165, 1.54) is 31.9 Å². The van der Waals surface area contributed by atoms with Crippen molar-refractivity contribution in [2.75, 3.05) is 38.8 Å². The molecule has 1 rings (SSSR count). The number of rotatable bonds is 10. The molecule has 1 aliphatic carbocycles. The molecule has 0 aliphatic heterocycles. The second-order valence-corrected chi connectivity index (χ2v) is 9.30. The van der Waals surface area contributed by atoms with E-state index in [0.717, 1.165) is 32.1 Å². The number of sulfone groups is 1. The van der Waals surface area contributed by atoms with Gasteiger partial charge in [0.1, 0.15) is 9.84 Å². The Kier molecular flexibility index (Phi) is 12.3. The van der Waals surface area contributed by atoms with Gasteiger partial charge in [-0.15, -0.1) is 24.0 Å². The van der Waals surface area contributed by atoms with Crippen molar-refractivity contribution in [1.29, 1.82) is 0 Å². The van der Waals surface area contributed by atoms with Crippen molar-refractivity contribution in [2.45, 2.75) is 58.4 Å². The largest absolute Gasteiger partial charge is 0.382 e. The van der Waals surface area contributed by atoms with Gasteiger partial charge in [0.15, 0.2) is 5.96 Å². The van der Waals surface area contributed by atoms with Crippen molar-refractivity contribution in [1.82, 2.24) is 10.6 Å². The summed E-state index contributed by atoms with van der Waals surface area (Å²) in [6.07, 6.45) is 7.95. The van der Waals surface area contributed by atoms with Crippen LogP contribution in [0.5, 0.6) is 0 Å². The fourth-order valence-electron chi connectivity index (χ4n) is 3.24. The van der Waals surface area contributed by atoms with E-state index in [0.29, 0.717) is 11.8 Å². The first-order valence-electron chi connectivity index (χ1n) is 9.03. The van der Waals surface area contributed by atoms with Crippen molar-refractivity contribution in [3.8, 4) is 0 Å². The first kappa shape index (κ1) is 24.9. The van der Waals surface area contributed by atoms with E-state index in [-0.39, 0.29) is 35.8 Å². The van der Waals surface area contributed by atoms with E-state index in [1.807, 2.05) is 13.8 Å². The summed E-state index contributed by atoms with van der Waals surface area (Å²) >= 11 is 0. The average Bonchev–Trinajstić information content (AvgIpc) is 2.98. The van der Waals surface area contributed by atoms with Crippen molar-refractivity contribution in [2.24, 2.45) is 10.4 Å². The molecule has 0 saturated heterocycles. The fourth-order valence-corrected chi connectivity index (χ4v) is 4.02. The molecule has 1 atom stereocenters. The Labute approximate surface area is 170 Å². The average molecular weight is 489 g/mol. The lowest BCUT2D eigenvalue weighted by Gasteiger charge is -2.30. The molecular formula is C17H36IN3O3S. The molecule has 0 aromatic rings. The summed E-state index contributed by atoms with van der Waals surface area (Å²) < 4.78 is 28.1. The molecule has 1 saturated carbocycles. The van der Waals surface area contributed by atoms with Crippen LogP contribution in [-0.2, 0) is 14.6 Å². The van der Waals surface area contributed by atoms with E-state index in [2.05, 4.69) is 15.6 Å². The van der Waals surface area contributed by atoms with Crippen LogP contribution in [-0.4, -0.2) is 59.2 Å². The van der Waals surface area contributed by atoms with Crippen LogP contribution in [0.2, 0.25) is 0 Å². The molecule has 1 fully saturated rings. The zero-order valence-electron chi connectivity index (χ0n) is 16.1. The Morgan fingerprint density at radius 3 is 2.48 bits per heavy atom. The highest BCUT2D eigenvalue weighted by atomic mass is 127. The molecule has 0 bridgehead atoms. The third kappa shape index (κ3) is 10.6. The standard InChI is InChI=1S/C17H35N3O3S.HI/c1-5-23-12-11-17(9-6-7-10-17)14-19-16(18-3)20-15(2)8-13-24(4,21)22;/h15H,5-14H2,1-4H3,(H2,18,19,20);1H. The topological polar surface area (TPSA) is 79.8 Å². The Balaban J connectivity index is 0.00000576. The first-order valence-corrected chi connectivity index (χ1v) is 11.1. The van der Waals surface area contributed by atoms with Crippen LogP contribution >= 0.6 is 24.0 Å². The lowest BCUT2D eigenvalue weighted by Crippen LogP contribution is -2.46. The highest BCUT2D eigenvalue weighted by molar-refractivity contribution is 14.0. The van der Waals surface area contributed by atoms with Crippen LogP contribution in [0.4, 0.5) is 0 Å². The van der Waals surface area contributed by atoms with Gasteiger partial charge in [-0.05, 0) is 44.9 Å². The zero-order chi connectivity index (χ0) is 18.1. The SMILES string of the molecule is CCOCCC1(CNC(=NC)NC(C)CCS(C)(=O)=O)CCCC1.I. The van der Waals surface area contributed by atoms with Gasteiger partial charge in [0.2, 0.25) is 0 Å². The predicted octanol–water partition coefficient (Wildman–Crippen LogP) is 2.58. The van der Waals surface area contributed by atoms with Gasteiger partial charge >= 0.3 is 0 Å². The zero-order valence-corrected chi connectivity index (χ0v) is 19.3. The van der Waals surface area contributed by atoms with Gasteiger partial charge in [-0.25, -0.2) is 8.42 Å². The number of halogens is 1. The van der Waals surface area contributed by atoms with Crippen LogP contribution in [0.3, 0.4) is 0 Å².